The van der Waals surface area contributed by atoms with Crippen LogP contribution in [0.25, 0.3) is 0 Å². The molecule has 1 fully saturated rings. The van der Waals surface area contributed by atoms with Crippen LogP contribution in [-0.2, 0) is 5.88 Å². The Morgan fingerprint density at radius 2 is 2.24 bits per heavy atom. The van der Waals surface area contributed by atoms with Crippen molar-refractivity contribution in [3.05, 3.63) is 23.6 Å². The maximum absolute atomic E-state index is 13.1. The highest BCUT2D eigenvalue weighted by atomic mass is 35.5. The molecule has 1 aromatic heterocycles. The summed E-state index contributed by atoms with van der Waals surface area (Å²) < 4.78 is 13.1. The zero-order valence-corrected chi connectivity index (χ0v) is 11.0. The van der Waals surface area contributed by atoms with Gasteiger partial charge in [-0.15, -0.1) is 11.6 Å². The highest BCUT2D eigenvalue weighted by Gasteiger charge is 2.31. The lowest BCUT2D eigenvalue weighted by atomic mass is 10.2. The summed E-state index contributed by atoms with van der Waals surface area (Å²) in [5.41, 5.74) is 0.791. The van der Waals surface area contributed by atoms with E-state index < -0.39 is 0 Å². The van der Waals surface area contributed by atoms with Crippen LogP contribution in [0.4, 0.5) is 10.2 Å². The van der Waals surface area contributed by atoms with Crippen molar-refractivity contribution in [2.75, 3.05) is 11.4 Å². The summed E-state index contributed by atoms with van der Waals surface area (Å²) >= 11 is 5.88. The Kier molecular flexibility index (Phi) is 3.87. The third-order valence-electron chi connectivity index (χ3n) is 2.88. The first-order valence-corrected chi connectivity index (χ1v) is 6.62. The van der Waals surface area contributed by atoms with Gasteiger partial charge in [-0.25, -0.2) is 9.37 Å². The molecule has 1 aromatic rings. The molecule has 1 saturated carbocycles. The van der Waals surface area contributed by atoms with E-state index in [1.165, 1.54) is 25.1 Å². The van der Waals surface area contributed by atoms with Gasteiger partial charge in [0.2, 0.25) is 0 Å². The van der Waals surface area contributed by atoms with Crippen LogP contribution >= 0.6 is 11.6 Å². The topological polar surface area (TPSA) is 16.1 Å². The van der Waals surface area contributed by atoms with Gasteiger partial charge in [0.05, 0.1) is 12.1 Å². The van der Waals surface area contributed by atoms with Gasteiger partial charge in [-0.3, -0.25) is 0 Å². The number of pyridine rings is 1. The average molecular weight is 257 g/mol. The van der Waals surface area contributed by atoms with Gasteiger partial charge in [0, 0.05) is 18.2 Å². The first-order valence-electron chi connectivity index (χ1n) is 6.09. The second kappa shape index (κ2) is 5.21. The third-order valence-corrected chi connectivity index (χ3v) is 3.16. The first kappa shape index (κ1) is 12.6. The summed E-state index contributed by atoms with van der Waals surface area (Å²) in [6, 6.07) is 2.06. The minimum Gasteiger partial charge on any atom is -0.353 e. The van der Waals surface area contributed by atoms with E-state index in [9.17, 15) is 4.39 Å². The molecule has 0 atom stereocenters. The normalized spacial score (nSPS) is 15.4. The number of hydrogen-bond acceptors (Lipinski definition) is 2. The number of nitrogens with zero attached hydrogens (tertiary/aromatic N) is 2. The van der Waals surface area contributed by atoms with Gasteiger partial charge in [0.25, 0.3) is 0 Å². The number of aromatic nitrogens is 1. The zero-order valence-electron chi connectivity index (χ0n) is 10.3. The molecule has 2 rings (SSSR count). The van der Waals surface area contributed by atoms with Crippen molar-refractivity contribution >= 4 is 17.4 Å². The number of alkyl halides is 1. The summed E-state index contributed by atoms with van der Waals surface area (Å²) in [4.78, 5) is 6.51. The van der Waals surface area contributed by atoms with E-state index in [0.717, 1.165) is 17.9 Å². The maximum atomic E-state index is 13.1. The Morgan fingerprint density at radius 3 is 2.76 bits per heavy atom. The monoisotopic (exact) mass is 256 g/mol. The molecule has 0 radical (unpaired) electrons. The van der Waals surface area contributed by atoms with E-state index in [-0.39, 0.29) is 5.82 Å². The van der Waals surface area contributed by atoms with Gasteiger partial charge in [-0.05, 0) is 24.8 Å². The molecule has 94 valence electrons. The molecule has 0 aliphatic heterocycles. The van der Waals surface area contributed by atoms with Gasteiger partial charge in [0.15, 0.2) is 0 Å². The Hall–Kier alpha value is -0.830. The SMILES string of the molecule is CC(C)CN(c1ncc(F)cc1CCl)C1CC1. The van der Waals surface area contributed by atoms with Crippen LogP contribution in [0.1, 0.15) is 32.3 Å². The van der Waals surface area contributed by atoms with Crippen LogP contribution in [0.15, 0.2) is 12.3 Å². The van der Waals surface area contributed by atoms with E-state index in [1.54, 1.807) is 0 Å². The van der Waals surface area contributed by atoms with Crippen LogP contribution in [0.3, 0.4) is 0 Å². The van der Waals surface area contributed by atoms with Crippen molar-refractivity contribution in [1.29, 1.82) is 0 Å². The van der Waals surface area contributed by atoms with Gasteiger partial charge in [0.1, 0.15) is 11.6 Å². The lowest BCUT2D eigenvalue weighted by molar-refractivity contribution is 0.593. The molecule has 0 amide bonds. The van der Waals surface area contributed by atoms with Crippen LogP contribution in [0.5, 0.6) is 0 Å². The highest BCUT2D eigenvalue weighted by Crippen LogP contribution is 2.33. The van der Waals surface area contributed by atoms with Gasteiger partial charge in [-0.1, -0.05) is 13.8 Å². The maximum Gasteiger partial charge on any atom is 0.141 e. The van der Waals surface area contributed by atoms with Crippen molar-refractivity contribution in [2.24, 2.45) is 5.92 Å². The lowest BCUT2D eigenvalue weighted by Gasteiger charge is -2.27. The van der Waals surface area contributed by atoms with E-state index in [0.29, 0.717) is 17.8 Å². The molecular formula is C13H18ClFN2. The summed E-state index contributed by atoms with van der Waals surface area (Å²) in [5.74, 6) is 1.41. The highest BCUT2D eigenvalue weighted by molar-refractivity contribution is 6.17. The predicted molar refractivity (Wildman–Crippen MR) is 69.0 cm³/mol. The Morgan fingerprint density at radius 1 is 1.53 bits per heavy atom. The Balaban J connectivity index is 2.28. The Labute approximate surface area is 107 Å². The van der Waals surface area contributed by atoms with Crippen molar-refractivity contribution in [3.63, 3.8) is 0 Å². The van der Waals surface area contributed by atoms with Gasteiger partial charge < -0.3 is 4.90 Å². The second-order valence-electron chi connectivity index (χ2n) is 5.05. The number of anilines is 1. The number of rotatable bonds is 5. The number of halogens is 2. The molecule has 2 nitrogen and oxygen atoms in total. The van der Waals surface area contributed by atoms with Crippen molar-refractivity contribution in [1.82, 2.24) is 4.98 Å². The summed E-state index contributed by atoms with van der Waals surface area (Å²) in [7, 11) is 0. The van der Waals surface area contributed by atoms with Crippen molar-refractivity contribution in [2.45, 2.75) is 38.6 Å². The molecule has 1 aliphatic carbocycles. The number of hydrogen-bond donors (Lipinski definition) is 0. The van der Waals surface area contributed by atoms with Crippen LogP contribution in [0.2, 0.25) is 0 Å². The molecule has 1 aliphatic rings. The van der Waals surface area contributed by atoms with Gasteiger partial charge in [-0.2, -0.15) is 0 Å². The lowest BCUT2D eigenvalue weighted by Crippen LogP contribution is -2.31. The van der Waals surface area contributed by atoms with E-state index in [1.807, 2.05) is 0 Å². The third kappa shape index (κ3) is 3.09. The fourth-order valence-electron chi connectivity index (χ4n) is 2.02. The first-order chi connectivity index (χ1) is 8.11. The predicted octanol–water partition coefficient (Wildman–Crippen LogP) is 3.58. The van der Waals surface area contributed by atoms with Crippen LogP contribution in [-0.4, -0.2) is 17.6 Å². The fourth-order valence-corrected chi connectivity index (χ4v) is 2.22. The smallest absolute Gasteiger partial charge is 0.141 e. The quantitative estimate of drug-likeness (QED) is 0.749. The van der Waals surface area contributed by atoms with Crippen LogP contribution in [0, 0.1) is 11.7 Å². The van der Waals surface area contributed by atoms with Crippen LogP contribution < -0.4 is 4.90 Å². The average Bonchev–Trinajstić information content (AvgIpc) is 3.09. The molecule has 0 saturated heterocycles. The Bertz CT molecular complexity index is 391. The fraction of sp³-hybridized carbons (Fsp3) is 0.615. The molecule has 0 unspecified atom stereocenters. The molecular weight excluding hydrogens is 239 g/mol. The molecule has 17 heavy (non-hydrogen) atoms. The standard InChI is InChI=1S/C13H18ClFN2/c1-9(2)8-17(12-3-4-12)13-10(6-14)5-11(15)7-16-13/h5,7,9,12H,3-4,6,8H2,1-2H3. The zero-order chi connectivity index (χ0) is 12.4. The van der Waals surface area contributed by atoms with Gasteiger partial charge >= 0.3 is 0 Å². The molecule has 0 spiro atoms. The minimum atomic E-state index is -0.315. The molecule has 0 bridgehead atoms. The summed E-state index contributed by atoms with van der Waals surface area (Å²) in [6.45, 7) is 5.31. The minimum absolute atomic E-state index is 0.307. The van der Waals surface area contributed by atoms with Crippen molar-refractivity contribution < 1.29 is 4.39 Å². The molecule has 0 aromatic carbocycles. The largest absolute Gasteiger partial charge is 0.353 e. The summed E-state index contributed by atoms with van der Waals surface area (Å²) in [6.07, 6.45) is 3.68. The van der Waals surface area contributed by atoms with E-state index in [4.69, 9.17) is 11.6 Å². The second-order valence-corrected chi connectivity index (χ2v) is 5.31. The molecule has 4 heteroatoms. The van der Waals surface area contributed by atoms with Crippen molar-refractivity contribution in [3.8, 4) is 0 Å². The van der Waals surface area contributed by atoms with E-state index in [2.05, 4.69) is 23.7 Å². The molecule has 1 heterocycles. The van der Waals surface area contributed by atoms with E-state index >= 15 is 0 Å². The summed E-state index contributed by atoms with van der Waals surface area (Å²) in [5, 5.41) is 0. The molecule has 0 N–H and O–H groups in total.